The molecule has 7 heteroatoms. The van der Waals surface area contributed by atoms with E-state index in [1.54, 1.807) is 14.0 Å². The van der Waals surface area contributed by atoms with Gasteiger partial charge in [-0.25, -0.2) is 0 Å². The lowest BCUT2D eigenvalue weighted by Crippen LogP contribution is -2.44. The van der Waals surface area contributed by atoms with Crippen LogP contribution in [0.15, 0.2) is 35.2 Å². The van der Waals surface area contributed by atoms with Crippen molar-refractivity contribution in [3.8, 4) is 0 Å². The fourth-order valence-corrected chi connectivity index (χ4v) is 1.24. The van der Waals surface area contributed by atoms with E-state index >= 15 is 0 Å². The molecule has 2 rings (SSSR count). The number of nitrogens with zero attached hydrogens (tertiary/aromatic N) is 1. The molecule has 0 unspecified atom stereocenters. The van der Waals surface area contributed by atoms with Crippen molar-refractivity contribution in [3.63, 3.8) is 0 Å². The van der Waals surface area contributed by atoms with Crippen molar-refractivity contribution in [2.24, 2.45) is 0 Å². The Morgan fingerprint density at radius 2 is 1.68 bits per heavy atom. The molecule has 0 aromatic heterocycles. The minimum atomic E-state index is -0.745. The number of hydrogen-bond donors (Lipinski definition) is 2. The molecular weight excluding hydrogens is 378 g/mol. The molecule has 0 atom stereocenters. The van der Waals surface area contributed by atoms with Gasteiger partial charge < -0.3 is 19.5 Å². The highest BCUT2D eigenvalue weighted by Crippen LogP contribution is 2.05. The molecule has 0 bridgehead atoms. The summed E-state index contributed by atoms with van der Waals surface area (Å²) in [5.41, 5.74) is 0.0417. The maximum Gasteiger partial charge on any atom is 0.303 e. The van der Waals surface area contributed by atoms with Gasteiger partial charge in [0, 0.05) is 31.4 Å². The standard InChI is InChI=1S/C6H6S.C5H7NO2.C5H12O.C3H6O2.C2H6/c7-6-4-2-1-3-5-6;7-4-3-6-2-1-5(6)8;1-5(2,3)6-4;1-2-3(4)5;1-2/h1-5,7H;4H,1-3H2;1-4H3;2H2,1H3,(H,4,5);1-2H3. The molecule has 1 fully saturated rings. The quantitative estimate of drug-likeness (QED) is 0.436. The minimum absolute atomic E-state index is 0.0417. The molecule has 1 heterocycles. The topological polar surface area (TPSA) is 83.9 Å². The first kappa shape index (κ1) is 30.9. The van der Waals surface area contributed by atoms with Crippen LogP contribution in [0.2, 0.25) is 0 Å². The highest BCUT2D eigenvalue weighted by molar-refractivity contribution is 7.80. The SMILES string of the molecule is CC.CCC(=O)O.COC(C)(C)C.O=CCN1CCC1=O.Sc1ccccc1. The van der Waals surface area contributed by atoms with Gasteiger partial charge in [-0.2, -0.15) is 0 Å². The number of thiol groups is 1. The Labute approximate surface area is 175 Å². The molecule has 1 N–H and O–H groups in total. The largest absolute Gasteiger partial charge is 0.481 e. The number of ether oxygens (including phenoxy) is 1. The molecule has 1 amide bonds. The fraction of sp³-hybridized carbons (Fsp3) is 0.571. The molecule has 0 spiro atoms. The van der Waals surface area contributed by atoms with Crippen LogP contribution in [0.3, 0.4) is 0 Å². The zero-order chi connectivity index (χ0) is 22.6. The number of β-lactam (4-membered cyclic amide) rings is 1. The maximum absolute atomic E-state index is 10.4. The van der Waals surface area contributed by atoms with Gasteiger partial charge in [-0.3, -0.25) is 9.59 Å². The van der Waals surface area contributed by atoms with E-state index in [1.165, 1.54) is 4.90 Å². The molecule has 1 aliphatic rings. The number of rotatable bonds is 3. The molecule has 0 aliphatic carbocycles. The zero-order valence-corrected chi connectivity index (χ0v) is 19.2. The Morgan fingerprint density at radius 3 is 1.79 bits per heavy atom. The van der Waals surface area contributed by atoms with Crippen LogP contribution >= 0.6 is 12.6 Å². The number of carboxylic acid groups (broad SMARTS) is 1. The third-order valence-electron chi connectivity index (χ3n) is 2.91. The van der Waals surface area contributed by atoms with Crippen LogP contribution in [0.4, 0.5) is 0 Å². The van der Waals surface area contributed by atoms with Gasteiger partial charge in [-0.15, -0.1) is 12.6 Å². The smallest absolute Gasteiger partial charge is 0.303 e. The number of hydrogen-bond acceptors (Lipinski definition) is 5. The zero-order valence-electron chi connectivity index (χ0n) is 18.3. The van der Waals surface area contributed by atoms with Crippen molar-refractivity contribution in [3.05, 3.63) is 30.3 Å². The number of carbonyl (C=O) groups excluding carboxylic acids is 2. The Morgan fingerprint density at radius 1 is 1.25 bits per heavy atom. The number of carboxylic acids is 1. The summed E-state index contributed by atoms with van der Waals surface area (Å²) < 4.78 is 4.94. The minimum Gasteiger partial charge on any atom is -0.481 e. The Balaban J connectivity index is -0.000000293. The molecule has 1 aliphatic heterocycles. The molecule has 1 saturated heterocycles. The molecule has 1 aromatic rings. The van der Waals surface area contributed by atoms with Crippen LogP contribution in [0.25, 0.3) is 0 Å². The molecule has 0 radical (unpaired) electrons. The number of aldehydes is 1. The van der Waals surface area contributed by atoms with Gasteiger partial charge in [0.25, 0.3) is 0 Å². The van der Waals surface area contributed by atoms with Crippen molar-refractivity contribution >= 4 is 30.8 Å². The van der Waals surface area contributed by atoms with Gasteiger partial charge >= 0.3 is 5.97 Å². The predicted octanol–water partition coefficient (Wildman–Crippen LogP) is 4.33. The molecule has 28 heavy (non-hydrogen) atoms. The van der Waals surface area contributed by atoms with Crippen LogP contribution in [0.1, 0.15) is 54.4 Å². The van der Waals surface area contributed by atoms with Crippen LogP contribution in [-0.4, -0.2) is 54.0 Å². The Bertz CT molecular complexity index is 515. The van der Waals surface area contributed by atoms with Crippen LogP contribution in [0.5, 0.6) is 0 Å². The van der Waals surface area contributed by atoms with Gasteiger partial charge in [0.1, 0.15) is 6.29 Å². The summed E-state index contributed by atoms with van der Waals surface area (Å²) in [6.07, 6.45) is 1.59. The summed E-state index contributed by atoms with van der Waals surface area (Å²) >= 11 is 4.08. The van der Waals surface area contributed by atoms with Crippen LogP contribution in [0, 0.1) is 0 Å². The third kappa shape index (κ3) is 24.1. The van der Waals surface area contributed by atoms with E-state index in [1.807, 2.05) is 65.0 Å². The average molecular weight is 416 g/mol. The van der Waals surface area contributed by atoms with Gasteiger partial charge in [0.05, 0.1) is 12.1 Å². The van der Waals surface area contributed by atoms with Crippen molar-refractivity contribution in [1.82, 2.24) is 4.90 Å². The third-order valence-corrected chi connectivity index (χ3v) is 3.21. The van der Waals surface area contributed by atoms with E-state index in [9.17, 15) is 14.4 Å². The lowest BCUT2D eigenvalue weighted by atomic mass is 10.2. The normalized spacial score (nSPS) is 11.4. The monoisotopic (exact) mass is 415 g/mol. The summed E-state index contributed by atoms with van der Waals surface area (Å²) in [7, 11) is 1.71. The van der Waals surface area contributed by atoms with E-state index in [-0.39, 0.29) is 24.5 Å². The van der Waals surface area contributed by atoms with E-state index in [0.717, 1.165) is 17.7 Å². The summed E-state index contributed by atoms with van der Waals surface area (Å²) in [4.78, 5) is 32.1. The summed E-state index contributed by atoms with van der Waals surface area (Å²) in [5.74, 6) is -0.651. The first-order chi connectivity index (χ1) is 13.1. The first-order valence-electron chi connectivity index (χ1n) is 9.29. The Hall–Kier alpha value is -1.86. The second kappa shape index (κ2) is 19.9. The number of likely N-dealkylation sites (tertiary alicyclic amines) is 1. The number of aliphatic carboxylic acids is 1. The lowest BCUT2D eigenvalue weighted by Gasteiger charge is -2.28. The second-order valence-electron chi connectivity index (χ2n) is 6.16. The fourth-order valence-electron chi connectivity index (χ4n) is 1.07. The summed E-state index contributed by atoms with van der Waals surface area (Å²) in [5, 5.41) is 7.72. The van der Waals surface area contributed by atoms with Crippen LogP contribution < -0.4 is 0 Å². The van der Waals surface area contributed by atoms with Crippen molar-refractivity contribution < 1.29 is 24.2 Å². The highest BCUT2D eigenvalue weighted by atomic mass is 32.1. The molecular formula is C21H37NO5S. The predicted molar refractivity (Wildman–Crippen MR) is 117 cm³/mol. The van der Waals surface area contributed by atoms with Crippen molar-refractivity contribution in [2.45, 2.75) is 64.9 Å². The van der Waals surface area contributed by atoms with Crippen molar-refractivity contribution in [2.75, 3.05) is 20.2 Å². The maximum atomic E-state index is 10.4. The van der Waals surface area contributed by atoms with Gasteiger partial charge in [-0.1, -0.05) is 39.0 Å². The van der Waals surface area contributed by atoms with E-state index in [4.69, 9.17) is 9.84 Å². The van der Waals surface area contributed by atoms with Gasteiger partial charge in [0.2, 0.25) is 5.91 Å². The second-order valence-corrected chi connectivity index (χ2v) is 6.67. The average Bonchev–Trinajstić information content (AvgIpc) is 2.68. The lowest BCUT2D eigenvalue weighted by molar-refractivity contribution is -0.141. The molecule has 0 saturated carbocycles. The van der Waals surface area contributed by atoms with Gasteiger partial charge in [0.15, 0.2) is 0 Å². The summed E-state index contributed by atoms with van der Waals surface area (Å²) in [6.45, 7) is 12.7. The van der Waals surface area contributed by atoms with E-state index < -0.39 is 5.97 Å². The number of carbonyl (C=O) groups is 3. The van der Waals surface area contributed by atoms with Crippen LogP contribution in [-0.2, 0) is 19.1 Å². The molecule has 6 nitrogen and oxygen atoms in total. The number of amides is 1. The Kier molecular flexibility index (Phi) is 21.9. The van der Waals surface area contributed by atoms with E-state index in [2.05, 4.69) is 12.6 Å². The number of benzene rings is 1. The van der Waals surface area contributed by atoms with Gasteiger partial charge in [-0.05, 0) is 32.9 Å². The number of methoxy groups -OCH3 is 1. The first-order valence-corrected chi connectivity index (χ1v) is 9.74. The molecule has 1 aromatic carbocycles. The van der Waals surface area contributed by atoms with Crippen molar-refractivity contribution in [1.29, 1.82) is 0 Å². The van der Waals surface area contributed by atoms with E-state index in [0.29, 0.717) is 6.42 Å². The molecule has 162 valence electrons. The summed E-state index contributed by atoms with van der Waals surface area (Å²) in [6, 6.07) is 9.79. The highest BCUT2D eigenvalue weighted by Gasteiger charge is 2.21.